The van der Waals surface area contributed by atoms with E-state index in [0.29, 0.717) is 36.4 Å². The lowest BCUT2D eigenvalue weighted by Crippen LogP contribution is -2.51. The van der Waals surface area contributed by atoms with E-state index in [1.165, 1.54) is 30.4 Å². The molecule has 0 spiro atoms. The highest BCUT2D eigenvalue weighted by atomic mass is 16.5. The molecule has 3 heteroatoms. The smallest absolute Gasteiger partial charge is 0.306 e. The Morgan fingerprint density at radius 2 is 1.81 bits per heavy atom. The maximum atomic E-state index is 12.7. The Balaban J connectivity index is 1.26. The molecule has 0 heterocycles. The number of ether oxygens (including phenoxy) is 1. The van der Waals surface area contributed by atoms with Gasteiger partial charge in [0.05, 0.1) is 0 Å². The molecule has 4 aliphatic rings. The van der Waals surface area contributed by atoms with Crippen LogP contribution in [0.4, 0.5) is 0 Å². The number of esters is 1. The van der Waals surface area contributed by atoms with E-state index in [-0.39, 0.29) is 22.9 Å². The van der Waals surface area contributed by atoms with Crippen LogP contribution < -0.4 is 0 Å². The number of carbonyl (C=O) groups is 2. The SMILES string of the molecule is C[C@@]12CC[C@H]3[C@H](CCC4=CC(=O)CC[C@]43C)[C@@H]1CC[C@@H]2OC(=O)CCc1ccccc1. The van der Waals surface area contributed by atoms with Gasteiger partial charge in [0, 0.05) is 18.3 Å². The predicted octanol–water partition coefficient (Wildman–Crippen LogP) is 6.06. The second kappa shape index (κ2) is 7.90. The zero-order chi connectivity index (χ0) is 21.6. The molecule has 166 valence electrons. The molecule has 0 amide bonds. The number of rotatable bonds is 4. The number of benzene rings is 1. The lowest BCUT2D eigenvalue weighted by atomic mass is 9.47. The van der Waals surface area contributed by atoms with Crippen molar-refractivity contribution in [3.63, 3.8) is 0 Å². The summed E-state index contributed by atoms with van der Waals surface area (Å²) in [6.45, 7) is 4.83. The Labute approximate surface area is 186 Å². The summed E-state index contributed by atoms with van der Waals surface area (Å²) in [6, 6.07) is 10.2. The zero-order valence-corrected chi connectivity index (χ0v) is 19.1. The van der Waals surface area contributed by atoms with Crippen molar-refractivity contribution in [2.45, 2.75) is 84.2 Å². The average molecular weight is 421 g/mol. The Hall–Kier alpha value is -1.90. The minimum Gasteiger partial charge on any atom is -0.462 e. The van der Waals surface area contributed by atoms with Crippen LogP contribution in [0.15, 0.2) is 42.0 Å². The van der Waals surface area contributed by atoms with Crippen LogP contribution in [0.25, 0.3) is 0 Å². The van der Waals surface area contributed by atoms with Gasteiger partial charge in [0.25, 0.3) is 0 Å². The molecule has 5 rings (SSSR count). The van der Waals surface area contributed by atoms with Crippen LogP contribution in [0.5, 0.6) is 0 Å². The Morgan fingerprint density at radius 3 is 2.61 bits per heavy atom. The molecular weight excluding hydrogens is 384 g/mol. The van der Waals surface area contributed by atoms with E-state index >= 15 is 0 Å². The van der Waals surface area contributed by atoms with Crippen molar-refractivity contribution >= 4 is 11.8 Å². The van der Waals surface area contributed by atoms with Gasteiger partial charge < -0.3 is 4.74 Å². The first-order valence-corrected chi connectivity index (χ1v) is 12.4. The number of allylic oxidation sites excluding steroid dienone is 1. The van der Waals surface area contributed by atoms with Crippen LogP contribution in [0.3, 0.4) is 0 Å². The van der Waals surface area contributed by atoms with Crippen molar-refractivity contribution in [2.75, 3.05) is 0 Å². The molecule has 0 aliphatic heterocycles. The van der Waals surface area contributed by atoms with Gasteiger partial charge in [0.2, 0.25) is 0 Å². The van der Waals surface area contributed by atoms with Gasteiger partial charge in [-0.1, -0.05) is 49.8 Å². The van der Waals surface area contributed by atoms with Crippen molar-refractivity contribution < 1.29 is 14.3 Å². The number of carbonyl (C=O) groups excluding carboxylic acids is 2. The van der Waals surface area contributed by atoms with Gasteiger partial charge in [0.15, 0.2) is 5.78 Å². The quantitative estimate of drug-likeness (QED) is 0.556. The molecule has 4 aliphatic carbocycles. The van der Waals surface area contributed by atoms with Gasteiger partial charge >= 0.3 is 5.97 Å². The molecule has 31 heavy (non-hydrogen) atoms. The van der Waals surface area contributed by atoms with Gasteiger partial charge in [-0.25, -0.2) is 0 Å². The molecular formula is C28H36O3. The summed E-state index contributed by atoms with van der Waals surface area (Å²) in [5.41, 5.74) is 2.95. The molecule has 0 aromatic heterocycles. The van der Waals surface area contributed by atoms with E-state index in [1.807, 2.05) is 24.3 Å². The fraction of sp³-hybridized carbons (Fsp3) is 0.643. The number of ketones is 1. The summed E-state index contributed by atoms with van der Waals surface area (Å²) >= 11 is 0. The van der Waals surface area contributed by atoms with Crippen LogP contribution in [0.2, 0.25) is 0 Å². The molecule has 0 unspecified atom stereocenters. The molecule has 0 saturated heterocycles. The van der Waals surface area contributed by atoms with Crippen LogP contribution in [-0.4, -0.2) is 17.9 Å². The van der Waals surface area contributed by atoms with Crippen molar-refractivity contribution in [3.05, 3.63) is 47.5 Å². The minimum atomic E-state index is -0.0375. The maximum absolute atomic E-state index is 12.7. The molecule has 1 aromatic carbocycles. The van der Waals surface area contributed by atoms with Gasteiger partial charge in [-0.3, -0.25) is 9.59 Å². The van der Waals surface area contributed by atoms with Gasteiger partial charge in [-0.15, -0.1) is 0 Å². The summed E-state index contributed by atoms with van der Waals surface area (Å²) in [4.78, 5) is 24.7. The van der Waals surface area contributed by atoms with Gasteiger partial charge in [0.1, 0.15) is 6.10 Å². The summed E-state index contributed by atoms with van der Waals surface area (Å²) in [5.74, 6) is 2.34. The fourth-order valence-corrected chi connectivity index (χ4v) is 7.81. The van der Waals surface area contributed by atoms with Crippen molar-refractivity contribution in [2.24, 2.45) is 28.6 Å². The van der Waals surface area contributed by atoms with Crippen molar-refractivity contribution in [1.29, 1.82) is 0 Å². The second-order valence-electron chi connectivity index (χ2n) is 11.1. The van der Waals surface area contributed by atoms with Gasteiger partial charge in [-0.05, 0) is 86.2 Å². The van der Waals surface area contributed by atoms with Crippen LogP contribution in [0.1, 0.15) is 77.2 Å². The molecule has 6 atom stereocenters. The van der Waals surface area contributed by atoms with Crippen LogP contribution >= 0.6 is 0 Å². The van der Waals surface area contributed by atoms with Gasteiger partial charge in [-0.2, -0.15) is 0 Å². The average Bonchev–Trinajstić information content (AvgIpc) is 3.10. The Morgan fingerprint density at radius 1 is 1.00 bits per heavy atom. The molecule has 3 nitrogen and oxygen atoms in total. The second-order valence-corrected chi connectivity index (χ2v) is 11.1. The highest BCUT2D eigenvalue weighted by Crippen LogP contribution is 2.65. The topological polar surface area (TPSA) is 43.4 Å². The first-order valence-electron chi connectivity index (χ1n) is 12.4. The number of hydrogen-bond donors (Lipinski definition) is 0. The maximum Gasteiger partial charge on any atom is 0.306 e. The normalized spacial score (nSPS) is 39.2. The predicted molar refractivity (Wildman–Crippen MR) is 121 cm³/mol. The highest BCUT2D eigenvalue weighted by Gasteiger charge is 2.59. The third-order valence-electron chi connectivity index (χ3n) is 9.61. The van der Waals surface area contributed by atoms with Crippen LogP contribution in [-0.2, 0) is 20.7 Å². The molecule has 3 fully saturated rings. The lowest BCUT2D eigenvalue weighted by molar-refractivity contribution is -0.159. The van der Waals surface area contributed by atoms with E-state index in [2.05, 4.69) is 26.0 Å². The third kappa shape index (κ3) is 3.58. The fourth-order valence-electron chi connectivity index (χ4n) is 7.81. The van der Waals surface area contributed by atoms with E-state index in [0.717, 1.165) is 32.1 Å². The summed E-state index contributed by atoms with van der Waals surface area (Å²) in [6.07, 6.45) is 11.8. The zero-order valence-electron chi connectivity index (χ0n) is 19.1. The molecule has 0 radical (unpaired) electrons. The van der Waals surface area contributed by atoms with E-state index in [1.54, 1.807) is 0 Å². The number of hydrogen-bond acceptors (Lipinski definition) is 3. The molecule has 0 bridgehead atoms. The van der Waals surface area contributed by atoms with E-state index in [4.69, 9.17) is 4.74 Å². The largest absolute Gasteiger partial charge is 0.462 e. The summed E-state index contributed by atoms with van der Waals surface area (Å²) in [7, 11) is 0. The van der Waals surface area contributed by atoms with E-state index in [9.17, 15) is 9.59 Å². The highest BCUT2D eigenvalue weighted by molar-refractivity contribution is 5.91. The third-order valence-corrected chi connectivity index (χ3v) is 9.61. The molecule has 3 saturated carbocycles. The van der Waals surface area contributed by atoms with E-state index < -0.39 is 0 Å². The van der Waals surface area contributed by atoms with Crippen molar-refractivity contribution in [1.82, 2.24) is 0 Å². The summed E-state index contributed by atoms with van der Waals surface area (Å²) < 4.78 is 6.14. The standard InChI is InChI=1S/C28H36O3/c1-27-16-14-21(29)18-20(27)9-10-22-23-11-12-25(28(23,2)17-15-24(22)27)31-26(30)13-8-19-6-4-3-5-7-19/h3-7,18,22-25H,8-17H2,1-2H3/t22-,23+,24+,25+,27-,28-/m1/s1. The lowest BCUT2D eigenvalue weighted by Gasteiger charge is -2.57. The first-order chi connectivity index (χ1) is 14.9. The Kier molecular flexibility index (Phi) is 5.35. The molecule has 1 aromatic rings. The summed E-state index contributed by atoms with van der Waals surface area (Å²) in [5, 5.41) is 0. The Bertz CT molecular complexity index is 887. The number of aryl methyl sites for hydroxylation is 1. The first kappa shape index (κ1) is 21.0. The molecule has 0 N–H and O–H groups in total. The monoisotopic (exact) mass is 420 g/mol. The van der Waals surface area contributed by atoms with Crippen LogP contribution in [0, 0.1) is 28.6 Å². The van der Waals surface area contributed by atoms with Crippen molar-refractivity contribution in [3.8, 4) is 0 Å². The minimum absolute atomic E-state index is 0.0375. The number of fused-ring (bicyclic) bond motifs is 5.